The highest BCUT2D eigenvalue weighted by atomic mass is 35.5. The monoisotopic (exact) mass is 358 g/mol. The standard InChI is InChI=1S/C15H13Cl3N2S/c1-8(16)15-19-13-5-11(17)12(18)6-14(13)20(15)9(2)10-3-4-21-7-10/h3-9H,1-2H3. The summed E-state index contributed by atoms with van der Waals surface area (Å²) in [6, 6.07) is 5.90. The molecule has 110 valence electrons. The smallest absolute Gasteiger partial charge is 0.128 e. The number of hydrogen-bond acceptors (Lipinski definition) is 2. The Hall–Kier alpha value is -0.740. The second-order valence-corrected chi connectivity index (χ2v) is 7.19. The van der Waals surface area contributed by atoms with Crippen molar-refractivity contribution in [3.05, 3.63) is 50.4 Å². The summed E-state index contributed by atoms with van der Waals surface area (Å²) in [5.41, 5.74) is 2.99. The predicted molar refractivity (Wildman–Crippen MR) is 92.2 cm³/mol. The molecular formula is C15H13Cl3N2S. The summed E-state index contributed by atoms with van der Waals surface area (Å²) in [6.45, 7) is 4.05. The first-order valence-corrected chi connectivity index (χ1v) is 8.65. The lowest BCUT2D eigenvalue weighted by molar-refractivity contribution is 0.620. The van der Waals surface area contributed by atoms with Gasteiger partial charge in [-0.05, 0) is 48.4 Å². The van der Waals surface area contributed by atoms with Crippen LogP contribution in [-0.4, -0.2) is 9.55 Å². The minimum absolute atomic E-state index is 0.134. The van der Waals surface area contributed by atoms with Gasteiger partial charge in [0.1, 0.15) is 5.82 Å². The maximum atomic E-state index is 6.32. The second-order valence-electron chi connectivity index (χ2n) is 4.94. The summed E-state index contributed by atoms with van der Waals surface area (Å²) >= 11 is 20.3. The Kier molecular flexibility index (Phi) is 4.19. The number of thiophene rings is 1. The summed E-state index contributed by atoms with van der Waals surface area (Å²) < 4.78 is 2.14. The van der Waals surface area contributed by atoms with Crippen molar-refractivity contribution >= 4 is 57.2 Å². The predicted octanol–water partition coefficient (Wildman–Crippen LogP) is 6.31. The summed E-state index contributed by atoms with van der Waals surface area (Å²) in [5, 5.41) is 5.04. The molecule has 2 unspecified atom stereocenters. The number of fused-ring (bicyclic) bond motifs is 1. The van der Waals surface area contributed by atoms with E-state index in [4.69, 9.17) is 34.8 Å². The van der Waals surface area contributed by atoms with Crippen LogP contribution in [0.1, 0.15) is 36.7 Å². The maximum absolute atomic E-state index is 6.32. The summed E-state index contributed by atoms with van der Waals surface area (Å²) in [4.78, 5) is 4.64. The Labute approximate surface area is 142 Å². The van der Waals surface area contributed by atoms with Gasteiger partial charge in [0.25, 0.3) is 0 Å². The van der Waals surface area contributed by atoms with Gasteiger partial charge in [-0.15, -0.1) is 11.6 Å². The molecule has 0 aliphatic carbocycles. The molecule has 0 N–H and O–H groups in total. The molecular weight excluding hydrogens is 347 g/mol. The highest BCUT2D eigenvalue weighted by Gasteiger charge is 2.21. The molecule has 0 aliphatic heterocycles. The number of aromatic nitrogens is 2. The third kappa shape index (κ3) is 2.68. The summed E-state index contributed by atoms with van der Waals surface area (Å²) in [5.74, 6) is 0.823. The first kappa shape index (κ1) is 15.2. The Morgan fingerprint density at radius 2 is 1.90 bits per heavy atom. The highest BCUT2D eigenvalue weighted by Crippen LogP contribution is 2.35. The van der Waals surface area contributed by atoms with Crippen molar-refractivity contribution in [3.63, 3.8) is 0 Å². The second kappa shape index (κ2) is 5.81. The molecule has 3 aromatic rings. The SMILES string of the molecule is CC(Cl)c1nc2cc(Cl)c(Cl)cc2n1C(C)c1ccsc1. The van der Waals surface area contributed by atoms with E-state index in [9.17, 15) is 0 Å². The van der Waals surface area contributed by atoms with E-state index in [2.05, 4.69) is 33.3 Å². The van der Waals surface area contributed by atoms with Crippen LogP contribution in [0.5, 0.6) is 0 Å². The molecule has 2 aromatic heterocycles. The molecule has 0 fully saturated rings. The molecule has 1 aromatic carbocycles. The molecule has 3 rings (SSSR count). The normalized spacial score (nSPS) is 14.5. The third-order valence-corrected chi connectivity index (χ3v) is 5.15. The molecule has 0 aliphatic rings. The molecule has 0 amide bonds. The zero-order valence-electron chi connectivity index (χ0n) is 11.5. The van der Waals surface area contributed by atoms with Crippen LogP contribution < -0.4 is 0 Å². The zero-order chi connectivity index (χ0) is 15.1. The molecule has 0 bridgehead atoms. The van der Waals surface area contributed by atoms with E-state index in [0.717, 1.165) is 16.9 Å². The quantitative estimate of drug-likeness (QED) is 0.501. The number of hydrogen-bond donors (Lipinski definition) is 0. The fourth-order valence-corrected chi connectivity index (χ4v) is 3.68. The Bertz CT molecular complexity index is 778. The lowest BCUT2D eigenvalue weighted by Gasteiger charge is -2.18. The maximum Gasteiger partial charge on any atom is 0.128 e. The summed E-state index contributed by atoms with van der Waals surface area (Å²) in [7, 11) is 0. The van der Waals surface area contributed by atoms with E-state index in [0.29, 0.717) is 10.0 Å². The van der Waals surface area contributed by atoms with Gasteiger partial charge in [-0.2, -0.15) is 11.3 Å². The van der Waals surface area contributed by atoms with Crippen molar-refractivity contribution in [2.45, 2.75) is 25.3 Å². The minimum atomic E-state index is -0.198. The Morgan fingerprint density at radius 3 is 2.52 bits per heavy atom. The van der Waals surface area contributed by atoms with Crippen molar-refractivity contribution in [1.82, 2.24) is 9.55 Å². The number of halogens is 3. The van der Waals surface area contributed by atoms with E-state index in [1.54, 1.807) is 17.4 Å². The fraction of sp³-hybridized carbons (Fsp3) is 0.267. The van der Waals surface area contributed by atoms with Crippen LogP contribution in [0.3, 0.4) is 0 Å². The van der Waals surface area contributed by atoms with Crippen molar-refractivity contribution in [3.8, 4) is 0 Å². The molecule has 0 saturated carbocycles. The Morgan fingerprint density at radius 1 is 1.19 bits per heavy atom. The molecule has 2 nitrogen and oxygen atoms in total. The number of benzene rings is 1. The highest BCUT2D eigenvalue weighted by molar-refractivity contribution is 7.08. The first-order valence-electron chi connectivity index (χ1n) is 6.52. The first-order chi connectivity index (χ1) is 9.99. The van der Waals surface area contributed by atoms with Gasteiger partial charge < -0.3 is 4.57 Å². The molecule has 0 radical (unpaired) electrons. The zero-order valence-corrected chi connectivity index (χ0v) is 14.6. The lowest BCUT2D eigenvalue weighted by atomic mass is 10.1. The van der Waals surface area contributed by atoms with Gasteiger partial charge in [-0.1, -0.05) is 23.2 Å². The number of rotatable bonds is 3. The fourth-order valence-electron chi connectivity index (χ4n) is 2.46. The van der Waals surface area contributed by atoms with Gasteiger partial charge in [-0.3, -0.25) is 0 Å². The minimum Gasteiger partial charge on any atom is -0.319 e. The topological polar surface area (TPSA) is 17.8 Å². The largest absolute Gasteiger partial charge is 0.319 e. The lowest BCUT2D eigenvalue weighted by Crippen LogP contribution is -2.10. The van der Waals surface area contributed by atoms with Gasteiger partial charge in [0.05, 0.1) is 32.5 Å². The van der Waals surface area contributed by atoms with Crippen LogP contribution in [0, 0.1) is 0 Å². The van der Waals surface area contributed by atoms with E-state index in [-0.39, 0.29) is 11.4 Å². The molecule has 6 heteroatoms. The van der Waals surface area contributed by atoms with Crippen molar-refractivity contribution in [2.24, 2.45) is 0 Å². The van der Waals surface area contributed by atoms with Crippen molar-refractivity contribution < 1.29 is 0 Å². The average Bonchev–Trinajstić information content (AvgIpc) is 3.06. The van der Waals surface area contributed by atoms with Gasteiger partial charge in [0.15, 0.2) is 0 Å². The number of imidazole rings is 1. The van der Waals surface area contributed by atoms with Gasteiger partial charge in [-0.25, -0.2) is 4.98 Å². The number of nitrogens with zero attached hydrogens (tertiary/aromatic N) is 2. The van der Waals surface area contributed by atoms with E-state index < -0.39 is 0 Å². The van der Waals surface area contributed by atoms with Crippen molar-refractivity contribution in [2.75, 3.05) is 0 Å². The molecule has 0 spiro atoms. The molecule has 0 saturated heterocycles. The van der Waals surface area contributed by atoms with Crippen LogP contribution >= 0.6 is 46.1 Å². The Balaban J connectivity index is 2.27. The molecule has 21 heavy (non-hydrogen) atoms. The molecule has 2 heterocycles. The number of alkyl halides is 1. The average molecular weight is 360 g/mol. The summed E-state index contributed by atoms with van der Waals surface area (Å²) in [6.07, 6.45) is 0. The van der Waals surface area contributed by atoms with Gasteiger partial charge in [0, 0.05) is 0 Å². The third-order valence-electron chi connectivity index (χ3n) is 3.53. The van der Waals surface area contributed by atoms with Crippen LogP contribution in [-0.2, 0) is 0 Å². The van der Waals surface area contributed by atoms with Crippen LogP contribution in [0.25, 0.3) is 11.0 Å². The van der Waals surface area contributed by atoms with Crippen LogP contribution in [0.15, 0.2) is 29.0 Å². The molecule has 2 atom stereocenters. The van der Waals surface area contributed by atoms with Gasteiger partial charge in [0.2, 0.25) is 0 Å². The van der Waals surface area contributed by atoms with E-state index in [1.165, 1.54) is 5.56 Å². The van der Waals surface area contributed by atoms with Crippen LogP contribution in [0.4, 0.5) is 0 Å². The van der Waals surface area contributed by atoms with Crippen molar-refractivity contribution in [1.29, 1.82) is 0 Å². The van der Waals surface area contributed by atoms with Gasteiger partial charge >= 0.3 is 0 Å². The van der Waals surface area contributed by atoms with Crippen LogP contribution in [0.2, 0.25) is 10.0 Å². The van der Waals surface area contributed by atoms with E-state index >= 15 is 0 Å². The van der Waals surface area contributed by atoms with E-state index in [1.807, 2.05) is 13.0 Å².